The number of aromatic nitrogens is 1. The van der Waals surface area contributed by atoms with Crippen molar-refractivity contribution in [3.8, 4) is 39.1 Å². The SMILES string of the molecule is [SiH3]c1ccc2c(c1)c1c(-c3ccccc3)c(Br)c(-c3ccccc3)c(-c3ccccc3)c1n2-c1ccccc1. The predicted molar refractivity (Wildman–Crippen MR) is 174 cm³/mol. The quantitative estimate of drug-likeness (QED) is 0.184. The molecule has 1 aromatic heterocycles. The van der Waals surface area contributed by atoms with Crippen LogP contribution in [0.5, 0.6) is 0 Å². The number of benzene rings is 6. The molecular weight excluding hydrogens is 554 g/mol. The van der Waals surface area contributed by atoms with Crippen LogP contribution < -0.4 is 5.19 Å². The molecule has 7 rings (SSSR count). The van der Waals surface area contributed by atoms with E-state index in [1.165, 1.54) is 60.4 Å². The molecule has 39 heavy (non-hydrogen) atoms. The summed E-state index contributed by atoms with van der Waals surface area (Å²) in [5.41, 5.74) is 10.9. The second-order valence-electron chi connectivity index (χ2n) is 9.95. The third kappa shape index (κ3) is 3.97. The van der Waals surface area contributed by atoms with Gasteiger partial charge in [-0.25, -0.2) is 0 Å². The van der Waals surface area contributed by atoms with Crippen LogP contribution >= 0.6 is 15.9 Å². The summed E-state index contributed by atoms with van der Waals surface area (Å²) in [6.07, 6.45) is 0. The van der Waals surface area contributed by atoms with Crippen LogP contribution in [0.2, 0.25) is 0 Å². The molecule has 0 saturated heterocycles. The second-order valence-corrected chi connectivity index (χ2v) is 11.9. The first-order valence-electron chi connectivity index (χ1n) is 13.2. The van der Waals surface area contributed by atoms with E-state index in [9.17, 15) is 0 Å². The third-order valence-electron chi connectivity index (χ3n) is 7.50. The minimum Gasteiger partial charge on any atom is -0.309 e. The van der Waals surface area contributed by atoms with E-state index in [2.05, 4.69) is 160 Å². The lowest BCUT2D eigenvalue weighted by molar-refractivity contribution is 1.18. The summed E-state index contributed by atoms with van der Waals surface area (Å²) in [6.45, 7) is 0. The fraction of sp³-hybridized carbons (Fsp3) is 0. The van der Waals surface area contributed by atoms with Crippen LogP contribution in [0, 0.1) is 0 Å². The van der Waals surface area contributed by atoms with E-state index in [4.69, 9.17) is 0 Å². The zero-order chi connectivity index (χ0) is 26.3. The highest BCUT2D eigenvalue weighted by Crippen LogP contribution is 2.52. The van der Waals surface area contributed by atoms with Crippen LogP contribution in [0.1, 0.15) is 0 Å². The Balaban J connectivity index is 1.82. The Labute approximate surface area is 239 Å². The zero-order valence-corrected chi connectivity index (χ0v) is 25.2. The molecule has 0 N–H and O–H groups in total. The van der Waals surface area contributed by atoms with E-state index < -0.39 is 0 Å². The molecule has 0 aliphatic carbocycles. The maximum Gasteiger partial charge on any atom is 0.0632 e. The Bertz CT molecular complexity index is 1940. The molecule has 1 heterocycles. The number of para-hydroxylation sites is 1. The van der Waals surface area contributed by atoms with Crippen molar-refractivity contribution >= 4 is 53.2 Å². The molecular formula is C36H26BrNSi. The average Bonchev–Trinajstić information content (AvgIpc) is 3.32. The third-order valence-corrected chi connectivity index (χ3v) is 8.92. The van der Waals surface area contributed by atoms with E-state index in [0.29, 0.717) is 0 Å². The van der Waals surface area contributed by atoms with Gasteiger partial charge in [-0.15, -0.1) is 0 Å². The first-order chi connectivity index (χ1) is 19.2. The molecule has 0 saturated carbocycles. The van der Waals surface area contributed by atoms with Crippen LogP contribution in [0.15, 0.2) is 144 Å². The lowest BCUT2D eigenvalue weighted by atomic mass is 9.87. The Hall–Kier alpha value is -4.18. The van der Waals surface area contributed by atoms with Gasteiger partial charge in [-0.05, 0) is 50.8 Å². The standard InChI is InChI=1S/C36H26BrNSi/c37-35-31(24-13-5-1-6-14-24)33(26-17-9-3-10-18-26)36-34(32(35)25-15-7-2-8-16-25)29-23-28(39)21-22-30(29)38(36)27-19-11-4-12-20-27/h1-23H,39H3. The Morgan fingerprint density at radius 2 is 1.00 bits per heavy atom. The highest BCUT2D eigenvalue weighted by Gasteiger charge is 2.27. The van der Waals surface area contributed by atoms with Gasteiger partial charge in [-0.3, -0.25) is 0 Å². The maximum atomic E-state index is 4.19. The number of nitrogens with zero attached hydrogens (tertiary/aromatic N) is 1. The first-order valence-corrected chi connectivity index (χ1v) is 15.0. The van der Waals surface area contributed by atoms with Crippen LogP contribution in [0.4, 0.5) is 0 Å². The molecule has 0 unspecified atom stereocenters. The van der Waals surface area contributed by atoms with Crippen molar-refractivity contribution in [3.05, 3.63) is 144 Å². The molecule has 186 valence electrons. The predicted octanol–water partition coefficient (Wildman–Crippen LogP) is 8.54. The van der Waals surface area contributed by atoms with Gasteiger partial charge in [0, 0.05) is 47.9 Å². The molecule has 0 aliphatic heterocycles. The smallest absolute Gasteiger partial charge is 0.0632 e. The Morgan fingerprint density at radius 3 is 1.56 bits per heavy atom. The summed E-state index contributed by atoms with van der Waals surface area (Å²) < 4.78 is 3.59. The van der Waals surface area contributed by atoms with Gasteiger partial charge in [-0.2, -0.15) is 0 Å². The fourth-order valence-electron chi connectivity index (χ4n) is 5.84. The second kappa shape index (κ2) is 9.85. The van der Waals surface area contributed by atoms with E-state index >= 15 is 0 Å². The summed E-state index contributed by atoms with van der Waals surface area (Å²) in [5, 5.41) is 3.96. The normalized spacial score (nSPS) is 11.4. The van der Waals surface area contributed by atoms with Crippen LogP contribution in [0.25, 0.3) is 60.9 Å². The van der Waals surface area contributed by atoms with Gasteiger partial charge in [0.25, 0.3) is 0 Å². The van der Waals surface area contributed by atoms with Crippen molar-refractivity contribution in [2.75, 3.05) is 0 Å². The number of halogens is 1. The number of hydrogen-bond donors (Lipinski definition) is 0. The molecule has 0 atom stereocenters. The van der Waals surface area contributed by atoms with Crippen molar-refractivity contribution in [3.63, 3.8) is 0 Å². The molecule has 0 spiro atoms. The molecule has 7 aromatic rings. The molecule has 1 nitrogen and oxygen atoms in total. The number of rotatable bonds is 4. The van der Waals surface area contributed by atoms with Crippen molar-refractivity contribution in [2.45, 2.75) is 0 Å². The van der Waals surface area contributed by atoms with Crippen molar-refractivity contribution in [1.29, 1.82) is 0 Å². The van der Waals surface area contributed by atoms with E-state index in [0.717, 1.165) is 20.4 Å². The van der Waals surface area contributed by atoms with Crippen LogP contribution in [-0.4, -0.2) is 14.8 Å². The molecule has 0 fully saturated rings. The highest BCUT2D eigenvalue weighted by atomic mass is 79.9. The van der Waals surface area contributed by atoms with Gasteiger partial charge in [0.2, 0.25) is 0 Å². The molecule has 6 aromatic carbocycles. The van der Waals surface area contributed by atoms with Gasteiger partial charge in [0.1, 0.15) is 0 Å². The van der Waals surface area contributed by atoms with Crippen molar-refractivity contribution in [1.82, 2.24) is 4.57 Å². The zero-order valence-electron chi connectivity index (χ0n) is 21.6. The molecule has 0 radical (unpaired) electrons. The monoisotopic (exact) mass is 579 g/mol. The molecule has 0 bridgehead atoms. The largest absolute Gasteiger partial charge is 0.309 e. The number of hydrogen-bond acceptors (Lipinski definition) is 0. The summed E-state index contributed by atoms with van der Waals surface area (Å²) in [5.74, 6) is 0. The van der Waals surface area contributed by atoms with Gasteiger partial charge < -0.3 is 4.57 Å². The summed E-state index contributed by atoms with van der Waals surface area (Å²) in [6, 6.07) is 50.2. The lowest BCUT2D eigenvalue weighted by Gasteiger charge is -2.21. The summed E-state index contributed by atoms with van der Waals surface area (Å²) in [7, 11) is 0.996. The van der Waals surface area contributed by atoms with Crippen LogP contribution in [-0.2, 0) is 0 Å². The molecule has 0 amide bonds. The van der Waals surface area contributed by atoms with E-state index in [1.54, 1.807) is 0 Å². The van der Waals surface area contributed by atoms with Crippen molar-refractivity contribution < 1.29 is 0 Å². The minimum atomic E-state index is 0.996. The summed E-state index contributed by atoms with van der Waals surface area (Å²) >= 11 is 4.19. The minimum absolute atomic E-state index is 0.996. The van der Waals surface area contributed by atoms with E-state index in [-0.39, 0.29) is 0 Å². The Morgan fingerprint density at radius 1 is 0.513 bits per heavy atom. The van der Waals surface area contributed by atoms with Gasteiger partial charge in [0.15, 0.2) is 0 Å². The van der Waals surface area contributed by atoms with E-state index in [1.807, 2.05) is 0 Å². The summed E-state index contributed by atoms with van der Waals surface area (Å²) in [4.78, 5) is 0. The maximum absolute atomic E-state index is 4.19. The molecule has 3 heteroatoms. The first kappa shape index (κ1) is 23.9. The Kier molecular flexibility index (Phi) is 6.03. The van der Waals surface area contributed by atoms with Crippen molar-refractivity contribution in [2.24, 2.45) is 0 Å². The fourth-order valence-corrected chi connectivity index (χ4v) is 7.15. The highest BCUT2D eigenvalue weighted by molar-refractivity contribution is 9.10. The molecule has 0 aliphatic rings. The van der Waals surface area contributed by atoms with Gasteiger partial charge in [-0.1, -0.05) is 127 Å². The lowest BCUT2D eigenvalue weighted by Crippen LogP contribution is -2.00. The van der Waals surface area contributed by atoms with Gasteiger partial charge in [0.05, 0.1) is 11.0 Å². The average molecular weight is 581 g/mol. The van der Waals surface area contributed by atoms with Crippen LogP contribution in [0.3, 0.4) is 0 Å². The topological polar surface area (TPSA) is 4.93 Å². The van der Waals surface area contributed by atoms with Gasteiger partial charge >= 0.3 is 0 Å². The number of fused-ring (bicyclic) bond motifs is 3.